The predicted molar refractivity (Wildman–Crippen MR) is 100 cm³/mol. The molecule has 0 aromatic heterocycles. The Morgan fingerprint density at radius 1 is 1.04 bits per heavy atom. The molecule has 0 aliphatic carbocycles. The lowest BCUT2D eigenvalue weighted by Gasteiger charge is -2.12. The third kappa shape index (κ3) is 5.35. The summed E-state index contributed by atoms with van der Waals surface area (Å²) >= 11 is 0. The number of carbonyl (C=O) groups is 2. The zero-order chi connectivity index (χ0) is 20.0. The van der Waals surface area contributed by atoms with Gasteiger partial charge in [-0.25, -0.2) is 9.18 Å². The average molecular weight is 365 g/mol. The van der Waals surface area contributed by atoms with Crippen molar-refractivity contribution < 1.29 is 18.7 Å². The Morgan fingerprint density at radius 2 is 1.63 bits per heavy atom. The molecule has 0 N–H and O–H groups in total. The molecule has 0 amide bonds. The van der Waals surface area contributed by atoms with E-state index in [1.54, 1.807) is 6.07 Å². The number of rotatable bonds is 6. The van der Waals surface area contributed by atoms with Crippen LogP contribution >= 0.6 is 0 Å². The number of hydrogen-bond acceptors (Lipinski definition) is 4. The van der Waals surface area contributed by atoms with Gasteiger partial charge in [0.25, 0.3) is 0 Å². The third-order valence-corrected chi connectivity index (χ3v) is 4.04. The Labute approximate surface area is 157 Å². The predicted octanol–water partition coefficient (Wildman–Crippen LogP) is 4.67. The summed E-state index contributed by atoms with van der Waals surface area (Å²) in [7, 11) is 0. The minimum Gasteiger partial charge on any atom is -0.450 e. The molecule has 0 spiro atoms. The first kappa shape index (κ1) is 20.1. The highest BCUT2D eigenvalue weighted by molar-refractivity contribution is 6.03. The van der Waals surface area contributed by atoms with Gasteiger partial charge in [-0.2, -0.15) is 5.26 Å². The van der Waals surface area contributed by atoms with E-state index in [2.05, 4.69) is 13.8 Å². The van der Waals surface area contributed by atoms with Crippen LogP contribution in [0.2, 0.25) is 0 Å². The smallest absolute Gasteiger partial charge is 0.349 e. The molecule has 4 nitrogen and oxygen atoms in total. The van der Waals surface area contributed by atoms with Crippen molar-refractivity contribution in [2.24, 2.45) is 0 Å². The van der Waals surface area contributed by atoms with Crippen molar-refractivity contribution in [1.82, 2.24) is 0 Å². The van der Waals surface area contributed by atoms with Crippen molar-refractivity contribution in [3.05, 3.63) is 76.6 Å². The lowest BCUT2D eigenvalue weighted by atomic mass is 10.0. The molecule has 0 unspecified atom stereocenters. The number of hydrogen-bond donors (Lipinski definition) is 0. The summed E-state index contributed by atoms with van der Waals surface area (Å²) in [6.07, 6.45) is 0.324. The fraction of sp³-hybridized carbons (Fsp3) is 0.227. The highest BCUT2D eigenvalue weighted by Crippen LogP contribution is 2.17. The van der Waals surface area contributed by atoms with Gasteiger partial charge in [0.05, 0.1) is 0 Å². The molecule has 27 heavy (non-hydrogen) atoms. The van der Waals surface area contributed by atoms with Crippen molar-refractivity contribution in [2.75, 3.05) is 0 Å². The van der Waals surface area contributed by atoms with E-state index >= 15 is 0 Å². The van der Waals surface area contributed by atoms with Crippen molar-refractivity contribution in [1.29, 1.82) is 5.26 Å². The first-order chi connectivity index (χ1) is 12.8. The summed E-state index contributed by atoms with van der Waals surface area (Å²) in [6, 6.07) is 14.2. The molecule has 138 valence electrons. The summed E-state index contributed by atoms with van der Waals surface area (Å²) in [5, 5.41) is 9.25. The van der Waals surface area contributed by atoms with E-state index in [1.165, 1.54) is 25.1 Å². The molecule has 0 radical (unpaired) electrons. The van der Waals surface area contributed by atoms with Crippen LogP contribution in [0.1, 0.15) is 48.2 Å². The second-order valence-electron chi connectivity index (χ2n) is 6.41. The van der Waals surface area contributed by atoms with Gasteiger partial charge in [-0.15, -0.1) is 0 Å². The van der Waals surface area contributed by atoms with Gasteiger partial charge < -0.3 is 4.74 Å². The zero-order valence-electron chi connectivity index (χ0n) is 15.4. The van der Waals surface area contributed by atoms with E-state index in [-0.39, 0.29) is 11.1 Å². The zero-order valence-corrected chi connectivity index (χ0v) is 15.4. The van der Waals surface area contributed by atoms with Crippen molar-refractivity contribution in [2.45, 2.75) is 32.8 Å². The number of nitriles is 1. The normalized spacial score (nSPS) is 12.4. The first-order valence-electron chi connectivity index (χ1n) is 8.54. The van der Waals surface area contributed by atoms with Crippen molar-refractivity contribution >= 4 is 17.8 Å². The second-order valence-corrected chi connectivity index (χ2v) is 6.41. The lowest BCUT2D eigenvalue weighted by Crippen LogP contribution is -2.25. The number of benzene rings is 2. The van der Waals surface area contributed by atoms with Gasteiger partial charge in [-0.05, 0) is 54.3 Å². The van der Waals surface area contributed by atoms with Crippen LogP contribution in [0.3, 0.4) is 0 Å². The molecular formula is C22H20FNO3. The van der Waals surface area contributed by atoms with Gasteiger partial charge >= 0.3 is 5.97 Å². The average Bonchev–Trinajstić information content (AvgIpc) is 2.66. The van der Waals surface area contributed by atoms with Crippen molar-refractivity contribution in [3.63, 3.8) is 0 Å². The fourth-order valence-electron chi connectivity index (χ4n) is 2.41. The largest absolute Gasteiger partial charge is 0.450 e. The Morgan fingerprint density at radius 3 is 2.15 bits per heavy atom. The van der Waals surface area contributed by atoms with E-state index < -0.39 is 23.7 Å². The van der Waals surface area contributed by atoms with Crippen molar-refractivity contribution in [3.8, 4) is 6.07 Å². The summed E-state index contributed by atoms with van der Waals surface area (Å²) < 4.78 is 18.1. The van der Waals surface area contributed by atoms with Crippen LogP contribution in [0.15, 0.2) is 54.1 Å². The molecule has 0 aliphatic rings. The van der Waals surface area contributed by atoms with Crippen LogP contribution in [0.25, 0.3) is 6.08 Å². The molecule has 5 heteroatoms. The van der Waals surface area contributed by atoms with Crippen LogP contribution in [0.4, 0.5) is 4.39 Å². The molecule has 0 saturated carbocycles. The van der Waals surface area contributed by atoms with Crippen LogP contribution in [0, 0.1) is 17.1 Å². The molecule has 0 heterocycles. The summed E-state index contributed by atoms with van der Waals surface area (Å²) in [5.41, 5.74) is 1.85. The molecule has 2 rings (SSSR count). The quantitative estimate of drug-likeness (QED) is 0.323. The number of ether oxygens (including phenoxy) is 1. The topological polar surface area (TPSA) is 67.2 Å². The van der Waals surface area contributed by atoms with E-state index in [4.69, 9.17) is 4.74 Å². The minimum atomic E-state index is -1.09. The second kappa shape index (κ2) is 8.91. The van der Waals surface area contributed by atoms with E-state index in [0.717, 1.165) is 17.7 Å². The molecule has 0 aliphatic heterocycles. The number of nitrogens with zero attached hydrogens (tertiary/aromatic N) is 1. The lowest BCUT2D eigenvalue weighted by molar-refractivity contribution is -0.141. The summed E-state index contributed by atoms with van der Waals surface area (Å²) in [6.45, 7) is 5.56. The standard InChI is InChI=1S/C22H20FNO3/c1-14(2)17-6-4-16(5-7-17)12-19(13-24)22(26)27-15(3)21(25)18-8-10-20(23)11-9-18/h4-12,14-15H,1-3H3/b19-12+/t15-/m1/s1. The van der Waals surface area contributed by atoms with Crippen LogP contribution in [0.5, 0.6) is 0 Å². The number of Topliss-reactive ketones (excluding diaryl/α,β-unsaturated/α-hetero) is 1. The molecule has 1 atom stereocenters. The van der Waals surface area contributed by atoms with Gasteiger partial charge in [-0.3, -0.25) is 4.79 Å². The maximum Gasteiger partial charge on any atom is 0.349 e. The fourth-order valence-corrected chi connectivity index (χ4v) is 2.41. The molecule has 0 bridgehead atoms. The SMILES string of the molecule is CC(C)c1ccc(/C=C(\C#N)C(=O)O[C@H](C)C(=O)c2ccc(F)cc2)cc1. The van der Waals surface area contributed by atoms with Gasteiger partial charge in [0, 0.05) is 5.56 Å². The molecular weight excluding hydrogens is 345 g/mol. The van der Waals surface area contributed by atoms with E-state index in [9.17, 15) is 19.2 Å². The molecule has 0 saturated heterocycles. The Balaban J connectivity index is 2.10. The van der Waals surface area contributed by atoms with Crippen LogP contribution < -0.4 is 0 Å². The number of halogens is 1. The van der Waals surface area contributed by atoms with Gasteiger partial charge in [0.1, 0.15) is 17.5 Å². The first-order valence-corrected chi connectivity index (χ1v) is 8.54. The highest BCUT2D eigenvalue weighted by atomic mass is 19.1. The summed E-state index contributed by atoms with van der Waals surface area (Å²) in [4.78, 5) is 24.5. The maximum absolute atomic E-state index is 12.9. The highest BCUT2D eigenvalue weighted by Gasteiger charge is 2.21. The third-order valence-electron chi connectivity index (χ3n) is 4.04. The Kier molecular flexibility index (Phi) is 6.62. The number of ketones is 1. The molecule has 2 aromatic rings. The number of esters is 1. The monoisotopic (exact) mass is 365 g/mol. The molecule has 2 aromatic carbocycles. The summed E-state index contributed by atoms with van der Waals surface area (Å²) in [5.74, 6) is -1.44. The number of carbonyl (C=O) groups excluding carboxylic acids is 2. The Hall–Kier alpha value is -3.26. The van der Waals surface area contributed by atoms with E-state index in [1.807, 2.05) is 24.3 Å². The van der Waals surface area contributed by atoms with Gasteiger partial charge in [-0.1, -0.05) is 38.1 Å². The van der Waals surface area contributed by atoms with Crippen LogP contribution in [-0.2, 0) is 9.53 Å². The molecule has 0 fully saturated rings. The van der Waals surface area contributed by atoms with Crippen LogP contribution in [-0.4, -0.2) is 17.9 Å². The minimum absolute atomic E-state index is 0.203. The van der Waals surface area contributed by atoms with Gasteiger partial charge in [0.15, 0.2) is 6.10 Å². The maximum atomic E-state index is 12.9. The van der Waals surface area contributed by atoms with E-state index in [0.29, 0.717) is 11.5 Å². The van der Waals surface area contributed by atoms with Gasteiger partial charge in [0.2, 0.25) is 5.78 Å². The Bertz CT molecular complexity index is 891.